The van der Waals surface area contributed by atoms with Crippen LogP contribution in [0.4, 0.5) is 0 Å². The lowest BCUT2D eigenvalue weighted by Gasteiger charge is -2.26. The number of ether oxygens (including phenoxy) is 5. The van der Waals surface area contributed by atoms with Gasteiger partial charge < -0.3 is 28.5 Å². The molecule has 0 aromatic heterocycles. The van der Waals surface area contributed by atoms with E-state index in [2.05, 4.69) is 28.8 Å². The van der Waals surface area contributed by atoms with Crippen molar-refractivity contribution < 1.29 is 28.5 Å². The van der Waals surface area contributed by atoms with Crippen LogP contribution in [-0.4, -0.2) is 48.0 Å². The van der Waals surface area contributed by atoms with Crippen LogP contribution in [0, 0.1) is 0 Å². The normalized spacial score (nSPS) is 31.8. The van der Waals surface area contributed by atoms with Crippen LogP contribution >= 0.6 is 11.8 Å². The highest BCUT2D eigenvalue weighted by Crippen LogP contribution is 2.41. The first-order valence-corrected chi connectivity index (χ1v) is 13.1. The van der Waals surface area contributed by atoms with E-state index in [0.29, 0.717) is 18.7 Å². The van der Waals surface area contributed by atoms with Gasteiger partial charge in [0, 0.05) is 4.90 Å². The lowest BCUT2D eigenvalue weighted by atomic mass is 10.0. The van der Waals surface area contributed by atoms with Gasteiger partial charge in [-0.05, 0) is 57.2 Å². The molecule has 7 nitrogen and oxygen atoms in total. The van der Waals surface area contributed by atoms with E-state index < -0.39 is 36.2 Å². The van der Waals surface area contributed by atoms with Gasteiger partial charge in [0.15, 0.2) is 24.0 Å². The number of hydrogen-bond donors (Lipinski definition) is 0. The van der Waals surface area contributed by atoms with E-state index in [4.69, 9.17) is 28.5 Å². The lowest BCUT2D eigenvalue weighted by Crippen LogP contribution is -2.42. The number of benzene rings is 2. The van der Waals surface area contributed by atoms with Crippen molar-refractivity contribution in [3.05, 3.63) is 77.7 Å². The molecule has 192 valence electrons. The first kappa shape index (κ1) is 25.4. The minimum atomic E-state index is -0.774. The molecular weight excluding hydrogens is 478 g/mol. The molecule has 3 aliphatic heterocycles. The van der Waals surface area contributed by atoms with E-state index in [-0.39, 0.29) is 6.10 Å². The van der Waals surface area contributed by atoms with Crippen LogP contribution in [0.3, 0.4) is 0 Å². The number of hydrogen-bond acceptors (Lipinski definition) is 8. The van der Waals surface area contributed by atoms with Gasteiger partial charge in [0.2, 0.25) is 0 Å². The minimum Gasteiger partial charge on any atom is -0.391 e. The summed E-state index contributed by atoms with van der Waals surface area (Å²) in [6.07, 6.45) is 0.562. The third-order valence-electron chi connectivity index (χ3n) is 6.10. The van der Waals surface area contributed by atoms with Gasteiger partial charge in [-0.25, -0.2) is 0 Å². The molecule has 3 heterocycles. The Kier molecular flexibility index (Phi) is 7.53. The van der Waals surface area contributed by atoms with Crippen molar-refractivity contribution in [1.82, 2.24) is 0 Å². The quantitative estimate of drug-likeness (QED) is 0.335. The van der Waals surface area contributed by atoms with E-state index in [9.17, 15) is 0 Å². The summed E-state index contributed by atoms with van der Waals surface area (Å²) in [4.78, 5) is 6.95. The minimum absolute atomic E-state index is 0.233. The van der Waals surface area contributed by atoms with Crippen molar-refractivity contribution in [3.8, 4) is 0 Å². The number of nitrogens with zero attached hydrogens (tertiary/aromatic N) is 1. The predicted molar refractivity (Wildman–Crippen MR) is 137 cm³/mol. The predicted octanol–water partition coefficient (Wildman–Crippen LogP) is 5.65. The summed E-state index contributed by atoms with van der Waals surface area (Å²) in [6, 6.07) is 20.1. The number of fused-ring (bicyclic) bond motifs is 1. The van der Waals surface area contributed by atoms with Crippen molar-refractivity contribution in [3.63, 3.8) is 0 Å². The summed E-state index contributed by atoms with van der Waals surface area (Å²) in [5.74, 6) is -1.53. The molecule has 3 fully saturated rings. The van der Waals surface area contributed by atoms with Crippen molar-refractivity contribution in [2.24, 2.45) is 5.16 Å². The zero-order valence-corrected chi connectivity index (χ0v) is 21.9. The van der Waals surface area contributed by atoms with Gasteiger partial charge in [-0.2, -0.15) is 0 Å². The molecular formula is C28H33NO6S. The Morgan fingerprint density at radius 3 is 2.31 bits per heavy atom. The molecule has 0 amide bonds. The molecule has 0 unspecified atom stereocenters. The molecule has 36 heavy (non-hydrogen) atoms. The largest absolute Gasteiger partial charge is 0.391 e. The molecule has 2 aromatic rings. The van der Waals surface area contributed by atoms with Gasteiger partial charge in [-0.3, -0.25) is 0 Å². The molecule has 5 atom stereocenters. The molecule has 2 aromatic carbocycles. The average molecular weight is 512 g/mol. The second-order valence-electron chi connectivity index (χ2n) is 9.93. The summed E-state index contributed by atoms with van der Waals surface area (Å²) < 4.78 is 31.1. The van der Waals surface area contributed by atoms with Crippen LogP contribution in [0.1, 0.15) is 39.7 Å². The molecule has 0 spiro atoms. The second-order valence-corrected chi connectivity index (χ2v) is 10.9. The summed E-state index contributed by atoms with van der Waals surface area (Å²) in [5.41, 5.74) is 1.65. The van der Waals surface area contributed by atoms with Crippen molar-refractivity contribution in [1.29, 1.82) is 0 Å². The van der Waals surface area contributed by atoms with Crippen LogP contribution in [0.15, 0.2) is 82.2 Å². The van der Waals surface area contributed by atoms with Crippen molar-refractivity contribution in [2.45, 2.75) is 87.9 Å². The topological polar surface area (TPSA) is 67.7 Å². The summed E-state index contributed by atoms with van der Waals surface area (Å²) in [7, 11) is 0. The summed E-state index contributed by atoms with van der Waals surface area (Å²) in [5, 5.41) is 6.58. The number of rotatable bonds is 8. The van der Waals surface area contributed by atoms with Crippen molar-refractivity contribution >= 4 is 17.5 Å². The third kappa shape index (κ3) is 6.02. The molecule has 0 saturated carbocycles. The highest BCUT2D eigenvalue weighted by molar-refractivity contribution is 8.02. The maximum Gasteiger partial charge on any atom is 0.193 e. The van der Waals surface area contributed by atoms with E-state index >= 15 is 0 Å². The van der Waals surface area contributed by atoms with Gasteiger partial charge >= 0.3 is 0 Å². The van der Waals surface area contributed by atoms with Gasteiger partial charge in [-0.15, -0.1) is 0 Å². The third-order valence-corrected chi connectivity index (χ3v) is 6.97. The maximum atomic E-state index is 6.34. The molecule has 0 bridgehead atoms. The van der Waals surface area contributed by atoms with E-state index in [1.54, 1.807) is 11.8 Å². The fraction of sp³-hybridized carbons (Fsp3) is 0.464. The smallest absolute Gasteiger partial charge is 0.193 e. The fourth-order valence-corrected chi connectivity index (χ4v) is 5.31. The monoisotopic (exact) mass is 511 g/mol. The van der Waals surface area contributed by atoms with Gasteiger partial charge in [0.25, 0.3) is 0 Å². The number of oxime groups is 1. The maximum absolute atomic E-state index is 6.34. The second kappa shape index (κ2) is 10.7. The Hall–Kier alpha value is -2.20. The fourth-order valence-electron chi connectivity index (χ4n) is 4.63. The van der Waals surface area contributed by atoms with E-state index in [1.807, 2.05) is 76.2 Å². The highest BCUT2D eigenvalue weighted by Gasteiger charge is 2.58. The Balaban J connectivity index is 1.31. The molecule has 0 N–H and O–H groups in total. The zero-order valence-electron chi connectivity index (χ0n) is 21.0. The molecule has 8 heteroatoms. The molecule has 3 aliphatic rings. The van der Waals surface area contributed by atoms with Crippen molar-refractivity contribution in [2.75, 3.05) is 0 Å². The van der Waals surface area contributed by atoms with Gasteiger partial charge in [0.1, 0.15) is 24.5 Å². The lowest BCUT2D eigenvalue weighted by molar-refractivity contribution is -0.211. The summed E-state index contributed by atoms with van der Waals surface area (Å²) >= 11 is 1.67. The van der Waals surface area contributed by atoms with E-state index in [0.717, 1.165) is 5.56 Å². The summed E-state index contributed by atoms with van der Waals surface area (Å²) in [6.45, 7) is 7.90. The molecule has 5 rings (SSSR count). The first-order chi connectivity index (χ1) is 17.3. The standard InChI is InChI=1S/C28H33NO6S/c1-27(2)32-21(16-11-17-36-20-14-9-6-10-15-20)23(33-27)24-22(25-26(31-24)35-28(3,4)34-25)29-30-18-19-12-7-5-8-13-19/h5-15,17,21,23-26H,16,18H2,1-4H3/b17-11+,29-22+/t21-,23-,24+,25-,26-/m1/s1. The van der Waals surface area contributed by atoms with Gasteiger partial charge in [-0.1, -0.05) is 71.5 Å². The molecule has 0 radical (unpaired) electrons. The first-order valence-electron chi connectivity index (χ1n) is 12.3. The Labute approximate surface area is 216 Å². The van der Waals surface area contributed by atoms with Crippen LogP contribution < -0.4 is 0 Å². The Bertz CT molecular complexity index is 1070. The highest BCUT2D eigenvalue weighted by atomic mass is 32.2. The van der Waals surface area contributed by atoms with Gasteiger partial charge in [0.05, 0.1) is 6.10 Å². The molecule has 3 saturated heterocycles. The number of thioether (sulfide) groups is 1. The average Bonchev–Trinajstić information content (AvgIpc) is 3.44. The Morgan fingerprint density at radius 1 is 0.861 bits per heavy atom. The zero-order chi connectivity index (χ0) is 25.2. The Morgan fingerprint density at radius 2 is 1.56 bits per heavy atom. The van der Waals surface area contributed by atoms with E-state index in [1.165, 1.54) is 4.90 Å². The van der Waals surface area contributed by atoms with Crippen LogP contribution in [-0.2, 0) is 35.1 Å². The van der Waals surface area contributed by atoms with Crippen LogP contribution in [0.2, 0.25) is 0 Å². The molecule has 0 aliphatic carbocycles. The van der Waals surface area contributed by atoms with Crippen LogP contribution in [0.25, 0.3) is 0 Å². The van der Waals surface area contributed by atoms with Crippen LogP contribution in [0.5, 0.6) is 0 Å². The SMILES string of the molecule is CC1(C)O[C@H]2O[C@H]([C@@H]3OC(C)(C)O[C@@H]3C/C=C/Sc3ccccc3)/C(=N\OCc3ccccc3)[C@H]2O1.